The average Bonchev–Trinajstić information content (AvgIpc) is 2.41. The van der Waals surface area contributed by atoms with Gasteiger partial charge in [0.2, 0.25) is 0 Å². The number of aromatic nitrogens is 3. The van der Waals surface area contributed by atoms with Gasteiger partial charge in [-0.1, -0.05) is 6.07 Å². The van der Waals surface area contributed by atoms with Gasteiger partial charge in [0.25, 0.3) is 0 Å². The Kier molecular flexibility index (Phi) is 3.76. The Morgan fingerprint density at radius 1 is 1.47 bits per heavy atom. The largest absolute Gasteiger partial charge is 0.348 e. The maximum Gasteiger partial charge on any atom is 0.348 e. The Morgan fingerprint density at radius 2 is 2.21 bits per heavy atom. The van der Waals surface area contributed by atoms with Gasteiger partial charge in [-0.3, -0.25) is 4.57 Å². The van der Waals surface area contributed by atoms with E-state index in [9.17, 15) is 4.79 Å². The summed E-state index contributed by atoms with van der Waals surface area (Å²) in [5.74, 6) is 0. The fraction of sp³-hybridized carbons (Fsp3) is 0.231. The molecular weight excluding hydrogens is 308 g/mol. The van der Waals surface area contributed by atoms with Crippen LogP contribution in [0.5, 0.6) is 0 Å². The lowest BCUT2D eigenvalue weighted by Gasteiger charge is -2.12. The smallest absolute Gasteiger partial charge is 0.291 e. The zero-order valence-corrected chi connectivity index (χ0v) is 12.1. The minimum Gasteiger partial charge on any atom is -0.291 e. The number of rotatable bonds is 2. The highest BCUT2D eigenvalue weighted by Crippen LogP contribution is 2.17. The fourth-order valence-electron chi connectivity index (χ4n) is 1.80. The molecule has 6 heteroatoms. The molecule has 0 aliphatic heterocycles. The third kappa shape index (κ3) is 2.56. The Morgan fingerprint density at radius 3 is 2.89 bits per heavy atom. The zero-order valence-electron chi connectivity index (χ0n) is 10.5. The first-order chi connectivity index (χ1) is 9.04. The molecule has 0 saturated heterocycles. The Balaban J connectivity index is 2.54. The molecule has 5 nitrogen and oxygen atoms in total. The number of hydrogen-bond acceptors (Lipinski definition) is 4. The summed E-state index contributed by atoms with van der Waals surface area (Å²) in [6, 6.07) is 5.55. The molecule has 0 atom stereocenters. The van der Waals surface area contributed by atoms with E-state index in [4.69, 9.17) is 5.26 Å². The van der Waals surface area contributed by atoms with Gasteiger partial charge in [0.15, 0.2) is 0 Å². The predicted octanol–water partition coefficient (Wildman–Crippen LogP) is 1.94. The average molecular weight is 319 g/mol. The molecule has 0 spiro atoms. The van der Waals surface area contributed by atoms with Crippen LogP contribution >= 0.6 is 15.9 Å². The highest BCUT2D eigenvalue weighted by atomic mass is 79.9. The van der Waals surface area contributed by atoms with E-state index in [-0.39, 0.29) is 12.2 Å². The zero-order chi connectivity index (χ0) is 14.0. The second kappa shape index (κ2) is 5.33. The molecule has 0 unspecified atom stereocenters. The molecule has 0 radical (unpaired) electrons. The van der Waals surface area contributed by atoms with Gasteiger partial charge < -0.3 is 0 Å². The van der Waals surface area contributed by atoms with Gasteiger partial charge in [0.05, 0.1) is 16.7 Å². The monoisotopic (exact) mass is 318 g/mol. The molecule has 0 aliphatic carbocycles. The van der Waals surface area contributed by atoms with Crippen LogP contribution in [0.25, 0.3) is 0 Å². The lowest BCUT2D eigenvalue weighted by molar-refractivity contribution is 0.685. The molecule has 96 valence electrons. The molecule has 0 aromatic carbocycles. The molecular formula is C13H11BrN4O. The van der Waals surface area contributed by atoms with E-state index in [1.807, 2.05) is 13.0 Å². The molecule has 0 saturated carbocycles. The van der Waals surface area contributed by atoms with Crippen molar-refractivity contribution in [3.8, 4) is 6.07 Å². The number of pyridine rings is 1. The number of aryl methyl sites for hydroxylation is 1. The van der Waals surface area contributed by atoms with Crippen molar-refractivity contribution in [3.05, 3.63) is 55.9 Å². The van der Waals surface area contributed by atoms with Crippen molar-refractivity contribution in [1.29, 1.82) is 5.26 Å². The molecule has 0 N–H and O–H groups in total. The van der Waals surface area contributed by atoms with Crippen molar-refractivity contribution in [2.75, 3.05) is 0 Å². The lowest BCUT2D eigenvalue weighted by atomic mass is 10.2. The van der Waals surface area contributed by atoms with Gasteiger partial charge in [-0.25, -0.2) is 9.78 Å². The lowest BCUT2D eigenvalue weighted by Crippen LogP contribution is -2.27. The molecule has 0 fully saturated rings. The number of halogens is 1. The number of hydrogen-bond donors (Lipinski definition) is 0. The quantitative estimate of drug-likeness (QED) is 0.848. The standard InChI is InChI=1S/C13H11BrN4O/c1-8-12(14)9(2)18(13(19)17-8)7-10-4-3-5-16-11(10)6-15/h3-5H,7H2,1-2H3. The van der Waals surface area contributed by atoms with Crippen molar-refractivity contribution < 1.29 is 0 Å². The first-order valence-corrected chi connectivity index (χ1v) is 6.41. The summed E-state index contributed by atoms with van der Waals surface area (Å²) in [7, 11) is 0. The van der Waals surface area contributed by atoms with Crippen LogP contribution in [0, 0.1) is 25.2 Å². The molecule has 2 aromatic heterocycles. The van der Waals surface area contributed by atoms with Crippen molar-refractivity contribution in [3.63, 3.8) is 0 Å². The van der Waals surface area contributed by atoms with Crippen LogP contribution in [0.15, 0.2) is 27.6 Å². The molecule has 2 aromatic rings. The molecule has 2 rings (SSSR count). The minimum atomic E-state index is -0.328. The third-order valence-corrected chi connectivity index (χ3v) is 4.01. The van der Waals surface area contributed by atoms with E-state index in [0.29, 0.717) is 17.0 Å². The molecule has 0 bridgehead atoms. The van der Waals surface area contributed by atoms with Crippen LogP contribution in [-0.4, -0.2) is 14.5 Å². The van der Waals surface area contributed by atoms with Gasteiger partial charge in [0, 0.05) is 17.5 Å². The third-order valence-electron chi connectivity index (χ3n) is 2.86. The van der Waals surface area contributed by atoms with Gasteiger partial charge in [-0.05, 0) is 35.8 Å². The van der Waals surface area contributed by atoms with E-state index in [1.165, 1.54) is 4.57 Å². The first-order valence-electron chi connectivity index (χ1n) is 5.62. The van der Waals surface area contributed by atoms with Gasteiger partial charge >= 0.3 is 5.69 Å². The number of nitrogens with zero attached hydrogens (tertiary/aromatic N) is 4. The van der Waals surface area contributed by atoms with Crippen LogP contribution in [0.3, 0.4) is 0 Å². The predicted molar refractivity (Wildman–Crippen MR) is 73.7 cm³/mol. The summed E-state index contributed by atoms with van der Waals surface area (Å²) < 4.78 is 2.32. The number of nitriles is 1. The minimum absolute atomic E-state index is 0.285. The van der Waals surface area contributed by atoms with Crippen LogP contribution in [0.4, 0.5) is 0 Å². The van der Waals surface area contributed by atoms with Crippen molar-refractivity contribution in [2.45, 2.75) is 20.4 Å². The maximum atomic E-state index is 11.9. The molecule has 0 amide bonds. The normalized spacial score (nSPS) is 10.2. The summed E-state index contributed by atoms with van der Waals surface area (Å²) in [4.78, 5) is 19.9. The van der Waals surface area contributed by atoms with Crippen LogP contribution in [-0.2, 0) is 6.54 Å². The second-order valence-electron chi connectivity index (χ2n) is 4.09. The van der Waals surface area contributed by atoms with Gasteiger partial charge in [0.1, 0.15) is 11.8 Å². The fourth-order valence-corrected chi connectivity index (χ4v) is 2.10. The second-order valence-corrected chi connectivity index (χ2v) is 4.88. The van der Waals surface area contributed by atoms with E-state index < -0.39 is 0 Å². The molecule has 2 heterocycles. The van der Waals surface area contributed by atoms with E-state index in [0.717, 1.165) is 10.2 Å². The molecule has 19 heavy (non-hydrogen) atoms. The molecule has 0 aliphatic rings. The first kappa shape index (κ1) is 13.4. The van der Waals surface area contributed by atoms with Gasteiger partial charge in [-0.2, -0.15) is 10.2 Å². The van der Waals surface area contributed by atoms with E-state index >= 15 is 0 Å². The van der Waals surface area contributed by atoms with Crippen molar-refractivity contribution >= 4 is 15.9 Å². The highest BCUT2D eigenvalue weighted by molar-refractivity contribution is 9.10. The van der Waals surface area contributed by atoms with Crippen molar-refractivity contribution in [2.24, 2.45) is 0 Å². The topological polar surface area (TPSA) is 71.6 Å². The maximum absolute atomic E-state index is 11.9. The summed E-state index contributed by atoms with van der Waals surface area (Å²) in [5, 5.41) is 9.01. The van der Waals surface area contributed by atoms with Crippen LogP contribution < -0.4 is 5.69 Å². The summed E-state index contributed by atoms with van der Waals surface area (Å²) in [5.41, 5.74) is 2.14. The Hall–Kier alpha value is -2.00. The summed E-state index contributed by atoms with van der Waals surface area (Å²) in [6.07, 6.45) is 1.56. The SMILES string of the molecule is Cc1nc(=O)n(Cc2cccnc2C#N)c(C)c1Br. The van der Waals surface area contributed by atoms with Crippen LogP contribution in [0.1, 0.15) is 22.6 Å². The van der Waals surface area contributed by atoms with E-state index in [1.54, 1.807) is 25.3 Å². The van der Waals surface area contributed by atoms with Crippen LogP contribution in [0.2, 0.25) is 0 Å². The highest BCUT2D eigenvalue weighted by Gasteiger charge is 2.11. The van der Waals surface area contributed by atoms with E-state index in [2.05, 4.69) is 25.9 Å². The Bertz CT molecular complexity index is 730. The van der Waals surface area contributed by atoms with Crippen molar-refractivity contribution in [1.82, 2.24) is 14.5 Å². The summed E-state index contributed by atoms with van der Waals surface area (Å²) in [6.45, 7) is 3.89. The Labute approximate surface area is 118 Å². The van der Waals surface area contributed by atoms with Gasteiger partial charge in [-0.15, -0.1) is 0 Å². The summed E-state index contributed by atoms with van der Waals surface area (Å²) >= 11 is 3.41.